The van der Waals surface area contributed by atoms with Crippen LogP contribution in [0.4, 0.5) is 22.0 Å². The second-order valence-electron chi connectivity index (χ2n) is 3.07. The molecule has 0 bridgehead atoms. The van der Waals surface area contributed by atoms with E-state index in [1.54, 1.807) is 0 Å². The van der Waals surface area contributed by atoms with Crippen LogP contribution in [0.2, 0.25) is 5.02 Å². The second-order valence-corrected chi connectivity index (χ2v) is 3.44. The summed E-state index contributed by atoms with van der Waals surface area (Å²) in [6.07, 6.45) is -7.66. The molecule has 0 aromatic heterocycles. The minimum atomic E-state index is -4.69. The van der Waals surface area contributed by atoms with E-state index in [2.05, 4.69) is 0 Å². The summed E-state index contributed by atoms with van der Waals surface area (Å²) in [6, 6.07) is 0.930. The van der Waals surface area contributed by atoms with Crippen LogP contribution in [0.25, 0.3) is 0 Å². The predicted molar refractivity (Wildman–Crippen MR) is 56.6 cm³/mol. The Hall–Kier alpha value is -0.590. The normalized spacial score (nSPS) is 13.4. The number of hydrogen-bond donors (Lipinski definition) is 1. The fourth-order valence-corrected chi connectivity index (χ4v) is 1.52. The van der Waals surface area contributed by atoms with Crippen LogP contribution < -0.4 is 5.73 Å². The smallest absolute Gasteiger partial charge is 0.319 e. The second kappa shape index (κ2) is 5.84. The number of benzene rings is 1. The van der Waals surface area contributed by atoms with Crippen molar-refractivity contribution in [1.29, 1.82) is 0 Å². The first kappa shape index (κ1) is 16.4. The molecule has 0 aliphatic carbocycles. The van der Waals surface area contributed by atoms with Gasteiger partial charge in [-0.2, -0.15) is 13.2 Å². The Morgan fingerprint density at radius 3 is 2.12 bits per heavy atom. The molecule has 2 N–H and O–H groups in total. The molecule has 1 aromatic carbocycles. The van der Waals surface area contributed by atoms with Crippen molar-refractivity contribution in [3.8, 4) is 0 Å². The van der Waals surface area contributed by atoms with E-state index in [1.165, 1.54) is 0 Å². The zero-order valence-corrected chi connectivity index (χ0v) is 9.71. The van der Waals surface area contributed by atoms with Gasteiger partial charge in [0.25, 0.3) is 6.43 Å². The summed E-state index contributed by atoms with van der Waals surface area (Å²) in [6.45, 7) is 0. The first-order valence-corrected chi connectivity index (χ1v) is 4.52. The molecule has 0 radical (unpaired) electrons. The zero-order valence-electron chi connectivity index (χ0n) is 8.14. The predicted octanol–water partition coefficient (Wildman–Crippen LogP) is 4.05. The van der Waals surface area contributed by atoms with Crippen molar-refractivity contribution in [3.05, 3.63) is 34.3 Å². The fraction of sp³-hybridized carbons (Fsp3) is 0.333. The third kappa shape index (κ3) is 3.69. The van der Waals surface area contributed by atoms with Crippen molar-refractivity contribution in [2.45, 2.75) is 18.6 Å². The van der Waals surface area contributed by atoms with Crippen LogP contribution in [-0.4, -0.2) is 6.43 Å². The Balaban J connectivity index is 0.00000256. The lowest BCUT2D eigenvalue weighted by atomic mass is 10.0. The molecule has 17 heavy (non-hydrogen) atoms. The van der Waals surface area contributed by atoms with Crippen molar-refractivity contribution in [2.75, 3.05) is 0 Å². The van der Waals surface area contributed by atoms with Crippen molar-refractivity contribution < 1.29 is 22.0 Å². The molecule has 0 aliphatic rings. The lowest BCUT2D eigenvalue weighted by Crippen LogP contribution is -2.20. The van der Waals surface area contributed by atoms with Crippen LogP contribution in [0.3, 0.4) is 0 Å². The van der Waals surface area contributed by atoms with Crippen LogP contribution >= 0.6 is 24.0 Å². The monoisotopic (exact) mass is 295 g/mol. The molecule has 0 spiro atoms. The highest BCUT2D eigenvalue weighted by atomic mass is 35.5. The van der Waals surface area contributed by atoms with Gasteiger partial charge in [-0.1, -0.05) is 23.7 Å². The Morgan fingerprint density at radius 2 is 1.71 bits per heavy atom. The maximum Gasteiger partial charge on any atom is 0.417 e. The first-order valence-electron chi connectivity index (χ1n) is 4.14. The quantitative estimate of drug-likeness (QED) is 0.819. The van der Waals surface area contributed by atoms with Gasteiger partial charge in [0.15, 0.2) is 0 Å². The average molecular weight is 296 g/mol. The van der Waals surface area contributed by atoms with E-state index in [0.29, 0.717) is 6.07 Å². The molecule has 0 saturated heterocycles. The molecular formula is C9H8Cl2F5N. The number of halogens is 7. The van der Waals surface area contributed by atoms with Crippen molar-refractivity contribution in [2.24, 2.45) is 5.73 Å². The largest absolute Gasteiger partial charge is 0.417 e. The van der Waals surface area contributed by atoms with E-state index in [9.17, 15) is 22.0 Å². The topological polar surface area (TPSA) is 26.0 Å². The van der Waals surface area contributed by atoms with Gasteiger partial charge in [0.05, 0.1) is 16.6 Å². The zero-order chi connectivity index (χ0) is 12.5. The number of alkyl halides is 5. The van der Waals surface area contributed by atoms with Gasteiger partial charge < -0.3 is 5.73 Å². The van der Waals surface area contributed by atoms with Crippen LogP contribution in [0, 0.1) is 0 Å². The summed E-state index contributed by atoms with van der Waals surface area (Å²) >= 11 is 5.40. The average Bonchev–Trinajstić information content (AvgIpc) is 2.15. The molecule has 1 atom stereocenters. The third-order valence-electron chi connectivity index (χ3n) is 1.96. The van der Waals surface area contributed by atoms with E-state index in [-0.39, 0.29) is 12.4 Å². The van der Waals surface area contributed by atoms with Gasteiger partial charge in [-0.25, -0.2) is 8.78 Å². The standard InChI is InChI=1S/C9H7ClF5N.ClH/c10-6-4(7(16)8(11)12)2-1-3-5(6)9(13,14)15;/h1-3,7-8H,16H2;1H/t7-;/m0./s1. The summed E-state index contributed by atoms with van der Waals surface area (Å²) in [5.41, 5.74) is 3.47. The van der Waals surface area contributed by atoms with Gasteiger partial charge in [-0.15, -0.1) is 12.4 Å². The van der Waals surface area contributed by atoms with Crippen LogP contribution in [0.1, 0.15) is 17.2 Å². The maximum atomic E-state index is 12.4. The minimum absolute atomic E-state index is 0. The van der Waals surface area contributed by atoms with Gasteiger partial charge >= 0.3 is 6.18 Å². The number of nitrogens with two attached hydrogens (primary N) is 1. The molecule has 8 heteroatoms. The van der Waals surface area contributed by atoms with Crippen LogP contribution in [0.15, 0.2) is 18.2 Å². The number of hydrogen-bond acceptors (Lipinski definition) is 1. The van der Waals surface area contributed by atoms with Gasteiger partial charge in [0, 0.05) is 0 Å². The lowest BCUT2D eigenvalue weighted by molar-refractivity contribution is -0.137. The van der Waals surface area contributed by atoms with E-state index < -0.39 is 34.8 Å². The summed E-state index contributed by atoms with van der Waals surface area (Å²) in [7, 11) is 0. The Kier molecular flexibility index (Phi) is 5.64. The Morgan fingerprint density at radius 1 is 1.18 bits per heavy atom. The van der Waals surface area contributed by atoms with Crippen molar-refractivity contribution >= 4 is 24.0 Å². The molecule has 0 heterocycles. The first-order chi connectivity index (χ1) is 7.25. The van der Waals surface area contributed by atoms with Gasteiger partial charge in [0.1, 0.15) is 0 Å². The van der Waals surface area contributed by atoms with Gasteiger partial charge in [0.2, 0.25) is 0 Å². The van der Waals surface area contributed by atoms with Gasteiger partial charge in [-0.3, -0.25) is 0 Å². The maximum absolute atomic E-state index is 12.4. The molecule has 1 rings (SSSR count). The highest BCUT2D eigenvalue weighted by molar-refractivity contribution is 6.32. The molecule has 0 unspecified atom stereocenters. The molecule has 1 nitrogen and oxygen atoms in total. The third-order valence-corrected chi connectivity index (χ3v) is 2.39. The molecular weight excluding hydrogens is 288 g/mol. The molecule has 0 saturated carbocycles. The van der Waals surface area contributed by atoms with E-state index in [0.717, 1.165) is 12.1 Å². The SMILES string of the molecule is Cl.N[C@@H](c1cccc(C(F)(F)F)c1Cl)C(F)F. The van der Waals surface area contributed by atoms with Crippen molar-refractivity contribution in [3.63, 3.8) is 0 Å². The molecule has 1 aromatic rings. The number of rotatable bonds is 2. The highest BCUT2D eigenvalue weighted by Crippen LogP contribution is 2.38. The molecule has 0 amide bonds. The fourth-order valence-electron chi connectivity index (χ4n) is 1.16. The summed E-state index contributed by atoms with van der Waals surface area (Å²) < 4.78 is 61.7. The van der Waals surface area contributed by atoms with Crippen LogP contribution in [-0.2, 0) is 6.18 Å². The molecule has 0 fully saturated rings. The highest BCUT2D eigenvalue weighted by Gasteiger charge is 2.35. The molecule has 0 aliphatic heterocycles. The van der Waals surface area contributed by atoms with E-state index >= 15 is 0 Å². The lowest BCUT2D eigenvalue weighted by Gasteiger charge is -2.16. The summed E-state index contributed by atoms with van der Waals surface area (Å²) in [5.74, 6) is 0. The Bertz CT molecular complexity index is 380. The minimum Gasteiger partial charge on any atom is -0.319 e. The van der Waals surface area contributed by atoms with E-state index in [4.69, 9.17) is 17.3 Å². The Labute approximate surface area is 105 Å². The van der Waals surface area contributed by atoms with Crippen molar-refractivity contribution in [1.82, 2.24) is 0 Å². The summed E-state index contributed by atoms with van der Waals surface area (Å²) in [5, 5.41) is -0.775. The summed E-state index contributed by atoms with van der Waals surface area (Å²) in [4.78, 5) is 0. The molecule has 98 valence electrons. The van der Waals surface area contributed by atoms with Gasteiger partial charge in [-0.05, 0) is 11.6 Å². The van der Waals surface area contributed by atoms with E-state index in [1.807, 2.05) is 0 Å². The van der Waals surface area contributed by atoms with Crippen LogP contribution in [0.5, 0.6) is 0 Å².